The van der Waals surface area contributed by atoms with Crippen LogP contribution < -0.4 is 5.32 Å². The number of carbonyl (C=O) groups excluding carboxylic acids is 1. The van der Waals surface area contributed by atoms with E-state index in [1.165, 1.54) is 18.1 Å². The van der Waals surface area contributed by atoms with Crippen molar-refractivity contribution in [1.29, 1.82) is 0 Å². The number of carboxylic acids is 2. The molecule has 142 valence electrons. The lowest BCUT2D eigenvalue weighted by molar-refractivity contribution is -0.147. The zero-order valence-electron chi connectivity index (χ0n) is 14.4. The lowest BCUT2D eigenvalue weighted by Crippen LogP contribution is -2.57. The summed E-state index contributed by atoms with van der Waals surface area (Å²) in [6.07, 6.45) is 0.581. The normalized spacial score (nSPS) is 32.6. The van der Waals surface area contributed by atoms with E-state index in [2.05, 4.69) is 20.5 Å². The first-order valence-corrected chi connectivity index (χ1v) is 8.93. The van der Waals surface area contributed by atoms with Gasteiger partial charge in [0, 0.05) is 11.2 Å². The highest BCUT2D eigenvalue weighted by Gasteiger charge is 2.76. The zero-order valence-corrected chi connectivity index (χ0v) is 15.2. The van der Waals surface area contributed by atoms with E-state index in [9.17, 15) is 24.6 Å². The maximum Gasteiger partial charge on any atom is 0.408 e. The molecule has 0 aromatic carbocycles. The number of aromatic nitrogens is 3. The van der Waals surface area contributed by atoms with Crippen molar-refractivity contribution in [1.82, 2.24) is 20.5 Å². The third-order valence-corrected chi connectivity index (χ3v) is 5.83. The van der Waals surface area contributed by atoms with Gasteiger partial charge in [0.15, 0.2) is 0 Å². The molecule has 4 unspecified atom stereocenters. The number of hydrogen-bond donors (Lipinski definition) is 4. The predicted octanol–water partition coefficient (Wildman–Crippen LogP) is 0.964. The SMILES string of the molecule is CC(C)(C)OC(=O)NC1(C(=O)O)C[C@@H](Sc2nc[nH]n2)C2C(C(=O)O)C21. The molecule has 0 spiro atoms. The summed E-state index contributed by atoms with van der Waals surface area (Å²) in [6, 6.07) is 0. The molecule has 2 saturated carbocycles. The van der Waals surface area contributed by atoms with Gasteiger partial charge in [-0.3, -0.25) is 9.89 Å². The number of nitrogens with one attached hydrogen (secondary N) is 2. The van der Waals surface area contributed by atoms with E-state index >= 15 is 0 Å². The molecule has 0 bridgehead atoms. The smallest absolute Gasteiger partial charge is 0.408 e. The first-order chi connectivity index (χ1) is 12.0. The predicted molar refractivity (Wildman–Crippen MR) is 88.5 cm³/mol. The molecule has 1 aromatic rings. The van der Waals surface area contributed by atoms with Crippen LogP contribution in [0.1, 0.15) is 27.2 Å². The first kappa shape index (κ1) is 18.5. The van der Waals surface area contributed by atoms with Gasteiger partial charge < -0.3 is 20.3 Å². The number of amides is 1. The van der Waals surface area contributed by atoms with E-state index in [0.29, 0.717) is 5.16 Å². The number of H-pyrrole nitrogens is 1. The molecule has 26 heavy (non-hydrogen) atoms. The van der Waals surface area contributed by atoms with E-state index in [1.54, 1.807) is 20.8 Å². The van der Waals surface area contributed by atoms with Crippen molar-refractivity contribution < 1.29 is 29.3 Å². The van der Waals surface area contributed by atoms with Gasteiger partial charge in [0.1, 0.15) is 17.5 Å². The number of rotatable bonds is 5. The average Bonchev–Trinajstić information content (AvgIpc) is 2.89. The highest BCUT2D eigenvalue weighted by atomic mass is 32.2. The Morgan fingerprint density at radius 3 is 2.58 bits per heavy atom. The van der Waals surface area contributed by atoms with E-state index in [0.717, 1.165) is 0 Å². The van der Waals surface area contributed by atoms with E-state index in [-0.39, 0.29) is 17.6 Å². The molecule has 0 saturated heterocycles. The molecule has 3 rings (SSSR count). The van der Waals surface area contributed by atoms with Gasteiger partial charge in [0.05, 0.1) is 5.92 Å². The molecule has 2 aliphatic carbocycles. The minimum absolute atomic E-state index is 0.0693. The van der Waals surface area contributed by atoms with Gasteiger partial charge in [-0.25, -0.2) is 14.6 Å². The summed E-state index contributed by atoms with van der Waals surface area (Å²) in [5.74, 6) is -4.27. The summed E-state index contributed by atoms with van der Waals surface area (Å²) in [5.41, 5.74) is -2.49. The van der Waals surface area contributed by atoms with Gasteiger partial charge in [0.25, 0.3) is 0 Å². The van der Waals surface area contributed by atoms with E-state index < -0.39 is 41.0 Å². The summed E-state index contributed by atoms with van der Waals surface area (Å²) in [5, 5.41) is 28.3. The van der Waals surface area contributed by atoms with E-state index in [4.69, 9.17) is 4.74 Å². The number of ether oxygens (including phenoxy) is 1. The first-order valence-electron chi connectivity index (χ1n) is 8.05. The number of nitrogens with zero attached hydrogens (tertiary/aromatic N) is 2. The fraction of sp³-hybridized carbons (Fsp3) is 0.667. The maximum absolute atomic E-state index is 12.2. The molecule has 2 aliphatic rings. The number of aliphatic carboxylic acids is 2. The largest absolute Gasteiger partial charge is 0.481 e. The Bertz CT molecular complexity index is 733. The van der Waals surface area contributed by atoms with Crippen molar-refractivity contribution in [3.8, 4) is 0 Å². The van der Waals surface area contributed by atoms with Crippen LogP contribution in [0, 0.1) is 17.8 Å². The average molecular weight is 384 g/mol. The Hall–Kier alpha value is -2.30. The maximum atomic E-state index is 12.2. The minimum Gasteiger partial charge on any atom is -0.481 e. The minimum atomic E-state index is -1.69. The molecule has 5 atom stereocenters. The second kappa shape index (κ2) is 6.15. The highest BCUT2D eigenvalue weighted by Crippen LogP contribution is 2.65. The fourth-order valence-corrected chi connectivity index (χ4v) is 5.08. The third kappa shape index (κ3) is 3.22. The summed E-state index contributed by atoms with van der Waals surface area (Å²) < 4.78 is 5.18. The molecular formula is C15H20N4O6S. The van der Waals surface area contributed by atoms with Crippen molar-refractivity contribution in [3.05, 3.63) is 6.33 Å². The number of aromatic amines is 1. The molecule has 4 N–H and O–H groups in total. The number of alkyl carbamates (subject to hydrolysis) is 1. The summed E-state index contributed by atoms with van der Waals surface area (Å²) in [6.45, 7) is 4.99. The molecule has 1 heterocycles. The summed E-state index contributed by atoms with van der Waals surface area (Å²) in [7, 11) is 0. The molecular weight excluding hydrogens is 364 g/mol. The van der Waals surface area contributed by atoms with Gasteiger partial charge in [-0.05, 0) is 33.1 Å². The lowest BCUT2D eigenvalue weighted by atomic mass is 9.90. The Morgan fingerprint density at radius 1 is 1.38 bits per heavy atom. The van der Waals surface area contributed by atoms with Crippen LogP contribution in [0.3, 0.4) is 0 Å². The van der Waals surface area contributed by atoms with Crippen LogP contribution in [0.4, 0.5) is 4.79 Å². The number of carbonyl (C=O) groups is 3. The van der Waals surface area contributed by atoms with Gasteiger partial charge in [-0.2, -0.15) is 0 Å². The van der Waals surface area contributed by atoms with Crippen LogP contribution in [-0.2, 0) is 14.3 Å². The van der Waals surface area contributed by atoms with E-state index in [1.807, 2.05) is 0 Å². The van der Waals surface area contributed by atoms with Crippen LogP contribution in [0.25, 0.3) is 0 Å². The van der Waals surface area contributed by atoms with Crippen LogP contribution in [0.2, 0.25) is 0 Å². The molecule has 0 radical (unpaired) electrons. The van der Waals surface area contributed by atoms with Gasteiger partial charge in [0.2, 0.25) is 5.16 Å². The van der Waals surface area contributed by atoms with Crippen LogP contribution in [0.15, 0.2) is 11.5 Å². The Labute approximate surface area is 153 Å². The monoisotopic (exact) mass is 384 g/mol. The van der Waals surface area contributed by atoms with Crippen molar-refractivity contribution in [2.45, 2.75) is 48.7 Å². The Kier molecular flexibility index (Phi) is 4.37. The standard InChI is InChI=1S/C15H20N4O6S/c1-14(2,3)25-13(24)18-15(11(22)23)4-6(26-12-16-5-17-19-12)7-8(9(7)15)10(20)21/h5-9H,4H2,1-3H3,(H,18,24)(H,20,21)(H,22,23)(H,16,17,19)/t6-,7?,8?,9?,15?/m1/s1. The quantitative estimate of drug-likeness (QED) is 0.581. The summed E-state index contributed by atoms with van der Waals surface area (Å²) in [4.78, 5) is 39.8. The van der Waals surface area contributed by atoms with Gasteiger partial charge in [-0.1, -0.05) is 11.8 Å². The topological polar surface area (TPSA) is 154 Å². The van der Waals surface area contributed by atoms with Gasteiger partial charge in [-0.15, -0.1) is 5.10 Å². The van der Waals surface area contributed by atoms with Gasteiger partial charge >= 0.3 is 18.0 Å². The van der Waals surface area contributed by atoms with Crippen molar-refractivity contribution in [3.63, 3.8) is 0 Å². The molecule has 1 aromatic heterocycles. The van der Waals surface area contributed by atoms with Crippen LogP contribution in [0.5, 0.6) is 0 Å². The summed E-state index contributed by atoms with van der Waals surface area (Å²) >= 11 is 1.22. The van der Waals surface area contributed by atoms with Crippen molar-refractivity contribution in [2.24, 2.45) is 17.8 Å². The van der Waals surface area contributed by atoms with Crippen LogP contribution in [-0.4, -0.2) is 59.8 Å². The second-order valence-corrected chi connectivity index (χ2v) is 8.72. The Morgan fingerprint density at radius 2 is 2.08 bits per heavy atom. The third-order valence-electron chi connectivity index (χ3n) is 4.64. The fourth-order valence-electron chi connectivity index (χ4n) is 3.75. The molecule has 10 nitrogen and oxygen atoms in total. The highest BCUT2D eigenvalue weighted by molar-refractivity contribution is 7.99. The molecule has 11 heteroatoms. The Balaban J connectivity index is 1.85. The van der Waals surface area contributed by atoms with Crippen LogP contribution >= 0.6 is 11.8 Å². The lowest BCUT2D eigenvalue weighted by Gasteiger charge is -2.31. The second-order valence-electron chi connectivity index (χ2n) is 7.51. The number of fused-ring (bicyclic) bond motifs is 1. The van der Waals surface area contributed by atoms with Crippen molar-refractivity contribution >= 4 is 29.8 Å². The molecule has 2 fully saturated rings. The number of carboxylic acid groups (broad SMARTS) is 2. The molecule has 1 amide bonds. The number of hydrogen-bond acceptors (Lipinski definition) is 7. The zero-order chi connectivity index (χ0) is 19.3. The molecule has 0 aliphatic heterocycles. The number of thioether (sulfide) groups is 1. The van der Waals surface area contributed by atoms with Crippen molar-refractivity contribution in [2.75, 3.05) is 0 Å².